The lowest BCUT2D eigenvalue weighted by atomic mass is 10.1. The van der Waals surface area contributed by atoms with Crippen molar-refractivity contribution in [1.29, 1.82) is 0 Å². The summed E-state index contributed by atoms with van der Waals surface area (Å²) in [5.74, 6) is 1.80. The Balaban J connectivity index is 1.63. The van der Waals surface area contributed by atoms with Gasteiger partial charge in [-0.15, -0.1) is 0 Å². The number of ether oxygens (including phenoxy) is 2. The summed E-state index contributed by atoms with van der Waals surface area (Å²) in [6.07, 6.45) is 4.12. The van der Waals surface area contributed by atoms with Gasteiger partial charge in [0.2, 0.25) is 0 Å². The van der Waals surface area contributed by atoms with Crippen LogP contribution >= 0.6 is 0 Å². The van der Waals surface area contributed by atoms with Crippen LogP contribution in [0.4, 0.5) is 0 Å². The van der Waals surface area contributed by atoms with Gasteiger partial charge in [0.05, 0.1) is 31.3 Å². The maximum Gasteiger partial charge on any atom is 0.282 e. The van der Waals surface area contributed by atoms with Gasteiger partial charge < -0.3 is 14.0 Å². The van der Waals surface area contributed by atoms with Crippen LogP contribution in [0.2, 0.25) is 0 Å². The summed E-state index contributed by atoms with van der Waals surface area (Å²) in [7, 11) is 5.19. The molecule has 34 heavy (non-hydrogen) atoms. The zero-order chi connectivity index (χ0) is 23.7. The van der Waals surface area contributed by atoms with E-state index in [0.717, 1.165) is 22.0 Å². The van der Waals surface area contributed by atoms with Crippen LogP contribution < -0.4 is 15.0 Å². The van der Waals surface area contributed by atoms with E-state index in [9.17, 15) is 4.79 Å². The van der Waals surface area contributed by atoms with Crippen molar-refractivity contribution in [1.82, 2.24) is 14.2 Å². The van der Waals surface area contributed by atoms with Crippen LogP contribution in [0.5, 0.6) is 11.5 Å². The van der Waals surface area contributed by atoms with E-state index in [1.807, 2.05) is 72.4 Å². The van der Waals surface area contributed by atoms with Crippen molar-refractivity contribution < 1.29 is 9.47 Å². The third kappa shape index (κ3) is 3.81. The SMILES string of the molecule is COc1ccc(Cc2nc3ccccc3c(=O)n2N=Cc2cn(C)c3ccccc23)cc1OC. The summed E-state index contributed by atoms with van der Waals surface area (Å²) >= 11 is 0. The molecule has 0 N–H and O–H groups in total. The highest BCUT2D eigenvalue weighted by Gasteiger charge is 2.13. The number of hydrogen-bond acceptors (Lipinski definition) is 5. The summed E-state index contributed by atoms with van der Waals surface area (Å²) < 4.78 is 14.2. The maximum atomic E-state index is 13.4. The molecule has 0 radical (unpaired) electrons. The van der Waals surface area contributed by atoms with Crippen LogP contribution in [0.3, 0.4) is 0 Å². The zero-order valence-corrected chi connectivity index (χ0v) is 19.2. The minimum atomic E-state index is -0.211. The first-order chi connectivity index (χ1) is 16.6. The van der Waals surface area contributed by atoms with E-state index in [1.54, 1.807) is 26.5 Å². The second-order valence-corrected chi connectivity index (χ2v) is 7.99. The average molecular weight is 453 g/mol. The molecule has 7 heteroatoms. The molecule has 0 aliphatic rings. The van der Waals surface area contributed by atoms with E-state index in [0.29, 0.717) is 34.6 Å². The molecule has 2 aromatic heterocycles. The molecule has 0 saturated carbocycles. The van der Waals surface area contributed by atoms with E-state index < -0.39 is 0 Å². The third-order valence-electron chi connectivity index (χ3n) is 5.87. The lowest BCUT2D eigenvalue weighted by Gasteiger charge is -2.12. The molecular weight excluding hydrogens is 428 g/mol. The molecule has 0 amide bonds. The van der Waals surface area contributed by atoms with Gasteiger partial charge in [-0.1, -0.05) is 36.4 Å². The van der Waals surface area contributed by atoms with E-state index in [-0.39, 0.29) is 5.56 Å². The number of aryl methyl sites for hydroxylation is 1. The van der Waals surface area contributed by atoms with E-state index in [4.69, 9.17) is 14.5 Å². The second-order valence-electron chi connectivity index (χ2n) is 7.99. The molecule has 170 valence electrons. The molecule has 0 atom stereocenters. The molecule has 0 spiro atoms. The molecule has 0 bridgehead atoms. The molecular formula is C27H24N4O3. The standard InChI is InChI=1S/C27H24N4O3/c1-30-17-19(20-8-5-7-11-23(20)30)16-28-31-26(29-22-10-6-4-9-21(22)27(31)32)15-18-12-13-24(33-2)25(14-18)34-3/h4-14,16-17H,15H2,1-3H3. The number of benzene rings is 3. The summed E-state index contributed by atoms with van der Waals surface area (Å²) in [6.45, 7) is 0. The first kappa shape index (κ1) is 21.5. The summed E-state index contributed by atoms with van der Waals surface area (Å²) in [6, 6.07) is 21.1. The lowest BCUT2D eigenvalue weighted by Crippen LogP contribution is -2.22. The predicted octanol–water partition coefficient (Wildman–Crippen LogP) is 4.38. The minimum Gasteiger partial charge on any atom is -0.493 e. The highest BCUT2D eigenvalue weighted by Crippen LogP contribution is 2.28. The van der Waals surface area contributed by atoms with E-state index >= 15 is 0 Å². The van der Waals surface area contributed by atoms with Crippen molar-refractivity contribution in [3.05, 3.63) is 100 Å². The molecule has 7 nitrogen and oxygen atoms in total. The van der Waals surface area contributed by atoms with Crippen molar-refractivity contribution in [2.75, 3.05) is 14.2 Å². The lowest BCUT2D eigenvalue weighted by molar-refractivity contribution is 0.354. The summed E-state index contributed by atoms with van der Waals surface area (Å²) in [5.41, 5.74) is 3.37. The number of nitrogens with zero attached hydrogens (tertiary/aromatic N) is 4. The number of rotatable bonds is 6. The molecule has 0 unspecified atom stereocenters. The summed E-state index contributed by atoms with van der Waals surface area (Å²) in [4.78, 5) is 18.2. The number of para-hydroxylation sites is 2. The fourth-order valence-electron chi connectivity index (χ4n) is 4.17. The Labute approximate surface area is 196 Å². The largest absolute Gasteiger partial charge is 0.493 e. The maximum absolute atomic E-state index is 13.4. The van der Waals surface area contributed by atoms with Crippen molar-refractivity contribution in [3.8, 4) is 11.5 Å². The van der Waals surface area contributed by atoms with Gasteiger partial charge in [0, 0.05) is 36.1 Å². The Morgan fingerprint density at radius 2 is 1.68 bits per heavy atom. The van der Waals surface area contributed by atoms with Crippen LogP contribution in [0.25, 0.3) is 21.8 Å². The van der Waals surface area contributed by atoms with Crippen molar-refractivity contribution >= 4 is 28.0 Å². The normalized spacial score (nSPS) is 11.5. The molecule has 0 fully saturated rings. The Kier molecular flexibility index (Phi) is 5.59. The number of methoxy groups -OCH3 is 2. The van der Waals surface area contributed by atoms with Gasteiger partial charge >= 0.3 is 0 Å². The zero-order valence-electron chi connectivity index (χ0n) is 19.2. The second kappa shape index (κ2) is 8.86. The van der Waals surface area contributed by atoms with Gasteiger partial charge in [0.25, 0.3) is 5.56 Å². The highest BCUT2D eigenvalue weighted by atomic mass is 16.5. The Morgan fingerprint density at radius 3 is 2.47 bits per heavy atom. The molecule has 0 saturated heterocycles. The average Bonchev–Trinajstić information content (AvgIpc) is 3.19. The minimum absolute atomic E-state index is 0.211. The van der Waals surface area contributed by atoms with E-state index in [2.05, 4.69) is 11.2 Å². The van der Waals surface area contributed by atoms with Crippen LogP contribution in [-0.4, -0.2) is 34.7 Å². The van der Waals surface area contributed by atoms with Crippen molar-refractivity contribution in [3.63, 3.8) is 0 Å². The molecule has 0 aliphatic carbocycles. The van der Waals surface area contributed by atoms with Crippen LogP contribution in [-0.2, 0) is 13.5 Å². The first-order valence-electron chi connectivity index (χ1n) is 10.9. The summed E-state index contributed by atoms with van der Waals surface area (Å²) in [5, 5.41) is 6.20. The monoisotopic (exact) mass is 452 g/mol. The van der Waals surface area contributed by atoms with Crippen LogP contribution in [0.1, 0.15) is 17.0 Å². The highest BCUT2D eigenvalue weighted by molar-refractivity contribution is 5.99. The van der Waals surface area contributed by atoms with Crippen LogP contribution in [0, 0.1) is 0 Å². The first-order valence-corrected chi connectivity index (χ1v) is 10.9. The van der Waals surface area contributed by atoms with Gasteiger partial charge in [-0.3, -0.25) is 4.79 Å². The molecule has 2 heterocycles. The fourth-order valence-corrected chi connectivity index (χ4v) is 4.17. The van der Waals surface area contributed by atoms with Crippen LogP contribution in [0.15, 0.2) is 82.8 Å². The molecule has 5 aromatic rings. The van der Waals surface area contributed by atoms with Gasteiger partial charge in [-0.05, 0) is 35.9 Å². The van der Waals surface area contributed by atoms with Gasteiger partial charge in [0.15, 0.2) is 11.5 Å². The quantitative estimate of drug-likeness (QED) is 0.359. The third-order valence-corrected chi connectivity index (χ3v) is 5.87. The van der Waals surface area contributed by atoms with E-state index in [1.165, 1.54) is 4.68 Å². The molecule has 5 rings (SSSR count). The van der Waals surface area contributed by atoms with Crippen molar-refractivity contribution in [2.24, 2.45) is 12.1 Å². The number of hydrogen-bond donors (Lipinski definition) is 0. The smallest absolute Gasteiger partial charge is 0.282 e. The Morgan fingerprint density at radius 1 is 0.941 bits per heavy atom. The fraction of sp³-hybridized carbons (Fsp3) is 0.148. The van der Waals surface area contributed by atoms with Gasteiger partial charge in [-0.25, -0.2) is 4.98 Å². The Hall–Kier alpha value is -4.39. The Bertz CT molecular complexity index is 1600. The topological polar surface area (TPSA) is 70.6 Å². The van der Waals surface area contributed by atoms with Gasteiger partial charge in [-0.2, -0.15) is 9.78 Å². The predicted molar refractivity (Wildman–Crippen MR) is 134 cm³/mol. The number of fused-ring (bicyclic) bond motifs is 2. The molecule has 3 aromatic carbocycles. The molecule has 0 aliphatic heterocycles. The van der Waals surface area contributed by atoms with Gasteiger partial charge in [0.1, 0.15) is 5.82 Å². The number of aromatic nitrogens is 3. The van der Waals surface area contributed by atoms with Crippen molar-refractivity contribution in [2.45, 2.75) is 6.42 Å².